The summed E-state index contributed by atoms with van der Waals surface area (Å²) in [6.07, 6.45) is 0. The lowest BCUT2D eigenvalue weighted by Gasteiger charge is -2.16. The number of rotatable bonds is 3. The van der Waals surface area contributed by atoms with Gasteiger partial charge in [0.25, 0.3) is 5.91 Å². The van der Waals surface area contributed by atoms with Crippen LogP contribution in [0.4, 0.5) is 0 Å². The van der Waals surface area contributed by atoms with Crippen molar-refractivity contribution in [2.45, 2.75) is 19.9 Å². The summed E-state index contributed by atoms with van der Waals surface area (Å²) in [5, 5.41) is 3.28. The minimum atomic E-state index is -0.166. The topological polar surface area (TPSA) is 42.0 Å². The van der Waals surface area contributed by atoms with Crippen molar-refractivity contribution in [1.82, 2.24) is 10.3 Å². The number of aryl methyl sites for hydroxylation is 1. The van der Waals surface area contributed by atoms with Crippen molar-refractivity contribution in [3.63, 3.8) is 0 Å². The molecule has 0 radical (unpaired) electrons. The van der Waals surface area contributed by atoms with Crippen LogP contribution in [0.5, 0.6) is 0 Å². The fraction of sp³-hybridized carbons (Fsp3) is 0.200. The summed E-state index contributed by atoms with van der Waals surface area (Å²) in [5.74, 6) is -0.166. The first kappa shape index (κ1) is 15.0. The number of nitrogens with one attached hydrogen (secondary N) is 1. The van der Waals surface area contributed by atoms with Crippen LogP contribution >= 0.6 is 27.5 Å². The second-order valence-corrected chi connectivity index (χ2v) is 5.78. The first-order valence-electron chi connectivity index (χ1n) is 6.17. The summed E-state index contributed by atoms with van der Waals surface area (Å²) in [4.78, 5) is 16.3. The monoisotopic (exact) mass is 352 g/mol. The minimum absolute atomic E-state index is 0.106. The molecule has 1 heterocycles. The molecule has 0 aliphatic carbocycles. The molecule has 0 aliphatic rings. The molecule has 1 unspecified atom stereocenters. The van der Waals surface area contributed by atoms with E-state index in [2.05, 4.69) is 26.2 Å². The highest BCUT2D eigenvalue weighted by Crippen LogP contribution is 2.23. The van der Waals surface area contributed by atoms with E-state index in [0.29, 0.717) is 10.7 Å². The molecule has 0 fully saturated rings. The molecule has 0 saturated heterocycles. The Balaban J connectivity index is 2.17. The van der Waals surface area contributed by atoms with E-state index in [-0.39, 0.29) is 11.9 Å². The first-order chi connectivity index (χ1) is 9.47. The summed E-state index contributed by atoms with van der Waals surface area (Å²) in [5.41, 5.74) is 2.26. The third kappa shape index (κ3) is 3.58. The highest BCUT2D eigenvalue weighted by molar-refractivity contribution is 9.10. The van der Waals surface area contributed by atoms with Gasteiger partial charge >= 0.3 is 0 Å². The van der Waals surface area contributed by atoms with Crippen LogP contribution in [0.2, 0.25) is 5.15 Å². The normalized spacial score (nSPS) is 12.0. The number of benzene rings is 1. The van der Waals surface area contributed by atoms with Crippen LogP contribution in [0.1, 0.15) is 34.6 Å². The predicted octanol–water partition coefficient (Wildman–Crippen LogP) is 4.30. The Bertz CT molecular complexity index is 625. The molecular weight excluding hydrogens is 340 g/mol. The van der Waals surface area contributed by atoms with Gasteiger partial charge in [0.15, 0.2) is 0 Å². The van der Waals surface area contributed by atoms with Gasteiger partial charge in [-0.1, -0.05) is 45.7 Å². The van der Waals surface area contributed by atoms with Gasteiger partial charge in [0.05, 0.1) is 6.04 Å². The zero-order valence-electron chi connectivity index (χ0n) is 11.2. The Morgan fingerprint density at radius 2 is 2.05 bits per heavy atom. The Kier molecular flexibility index (Phi) is 4.78. The summed E-state index contributed by atoms with van der Waals surface area (Å²) in [7, 11) is 0. The smallest absolute Gasteiger partial charge is 0.251 e. The molecule has 20 heavy (non-hydrogen) atoms. The van der Waals surface area contributed by atoms with E-state index in [1.54, 1.807) is 19.1 Å². The minimum Gasteiger partial charge on any atom is -0.345 e. The van der Waals surface area contributed by atoms with Crippen LogP contribution in [0.25, 0.3) is 0 Å². The van der Waals surface area contributed by atoms with Crippen molar-refractivity contribution in [2.24, 2.45) is 0 Å². The molecule has 0 aliphatic heterocycles. The van der Waals surface area contributed by atoms with E-state index >= 15 is 0 Å². The third-order valence-electron chi connectivity index (χ3n) is 2.90. The molecule has 0 bridgehead atoms. The molecule has 1 aromatic heterocycles. The van der Waals surface area contributed by atoms with Crippen LogP contribution in [0.15, 0.2) is 40.9 Å². The number of amides is 1. The quantitative estimate of drug-likeness (QED) is 0.836. The standard InChI is InChI=1S/C15H14BrClN2O/c1-9-7-11(8-14(17)18-9)15(20)19-10(2)12-5-3-4-6-13(12)16/h3-8,10H,1-2H3,(H,19,20). The van der Waals surface area contributed by atoms with Crippen LogP contribution in [0.3, 0.4) is 0 Å². The maximum absolute atomic E-state index is 12.2. The number of carbonyl (C=O) groups is 1. The van der Waals surface area contributed by atoms with Gasteiger partial charge < -0.3 is 5.32 Å². The number of aromatic nitrogens is 1. The Labute approximate surface area is 131 Å². The number of nitrogens with zero attached hydrogens (tertiary/aromatic N) is 1. The Morgan fingerprint density at radius 1 is 1.35 bits per heavy atom. The average molecular weight is 354 g/mol. The zero-order chi connectivity index (χ0) is 14.7. The molecule has 2 aromatic rings. The lowest BCUT2D eigenvalue weighted by atomic mass is 10.1. The number of hydrogen-bond donors (Lipinski definition) is 1. The number of halogens is 2. The van der Waals surface area contributed by atoms with Crippen molar-refractivity contribution >= 4 is 33.4 Å². The SMILES string of the molecule is Cc1cc(C(=O)NC(C)c2ccccc2Br)cc(Cl)n1. The molecule has 104 valence electrons. The van der Waals surface area contributed by atoms with E-state index in [0.717, 1.165) is 15.7 Å². The van der Waals surface area contributed by atoms with Gasteiger partial charge in [-0.2, -0.15) is 0 Å². The molecule has 1 atom stereocenters. The van der Waals surface area contributed by atoms with Crippen LogP contribution < -0.4 is 5.32 Å². The molecule has 3 nitrogen and oxygen atoms in total. The van der Waals surface area contributed by atoms with Gasteiger partial charge in [0.2, 0.25) is 0 Å². The first-order valence-corrected chi connectivity index (χ1v) is 7.34. The maximum atomic E-state index is 12.2. The highest BCUT2D eigenvalue weighted by atomic mass is 79.9. The summed E-state index contributed by atoms with van der Waals surface area (Å²) >= 11 is 9.36. The van der Waals surface area contributed by atoms with Gasteiger partial charge in [-0.25, -0.2) is 4.98 Å². The molecule has 1 aromatic carbocycles. The summed E-state index contributed by atoms with van der Waals surface area (Å²) in [6.45, 7) is 3.74. The average Bonchev–Trinajstić information content (AvgIpc) is 2.37. The van der Waals surface area contributed by atoms with Gasteiger partial charge in [0, 0.05) is 15.7 Å². The number of carbonyl (C=O) groups excluding carboxylic acids is 1. The van der Waals surface area contributed by atoms with Gasteiger partial charge in [-0.3, -0.25) is 4.79 Å². The summed E-state index contributed by atoms with van der Waals surface area (Å²) < 4.78 is 0.969. The lowest BCUT2D eigenvalue weighted by molar-refractivity contribution is 0.0939. The molecule has 0 spiro atoms. The number of hydrogen-bond acceptors (Lipinski definition) is 2. The predicted molar refractivity (Wildman–Crippen MR) is 84.0 cm³/mol. The third-order valence-corrected chi connectivity index (χ3v) is 3.82. The maximum Gasteiger partial charge on any atom is 0.251 e. The van der Waals surface area contributed by atoms with Gasteiger partial charge in [-0.05, 0) is 37.6 Å². The fourth-order valence-electron chi connectivity index (χ4n) is 1.94. The van der Waals surface area contributed by atoms with Crippen molar-refractivity contribution < 1.29 is 4.79 Å². The molecule has 5 heteroatoms. The van der Waals surface area contributed by atoms with E-state index in [1.807, 2.05) is 31.2 Å². The van der Waals surface area contributed by atoms with Gasteiger partial charge in [-0.15, -0.1) is 0 Å². The van der Waals surface area contributed by atoms with E-state index in [1.165, 1.54) is 0 Å². The fourth-order valence-corrected chi connectivity index (χ4v) is 2.82. The van der Waals surface area contributed by atoms with Crippen LogP contribution in [-0.2, 0) is 0 Å². The highest BCUT2D eigenvalue weighted by Gasteiger charge is 2.14. The van der Waals surface area contributed by atoms with E-state index in [9.17, 15) is 4.79 Å². The number of pyridine rings is 1. The second-order valence-electron chi connectivity index (χ2n) is 4.54. The van der Waals surface area contributed by atoms with Gasteiger partial charge in [0.1, 0.15) is 5.15 Å². The molecule has 1 amide bonds. The van der Waals surface area contributed by atoms with E-state index < -0.39 is 0 Å². The second kappa shape index (κ2) is 6.37. The molecule has 0 saturated carbocycles. The van der Waals surface area contributed by atoms with Crippen molar-refractivity contribution in [2.75, 3.05) is 0 Å². The molecule has 1 N–H and O–H groups in total. The Morgan fingerprint density at radius 3 is 2.70 bits per heavy atom. The van der Waals surface area contributed by atoms with Crippen LogP contribution in [-0.4, -0.2) is 10.9 Å². The largest absolute Gasteiger partial charge is 0.345 e. The Hall–Kier alpha value is -1.39. The van der Waals surface area contributed by atoms with Crippen LogP contribution in [0, 0.1) is 6.92 Å². The van der Waals surface area contributed by atoms with E-state index in [4.69, 9.17) is 11.6 Å². The van der Waals surface area contributed by atoms with Crippen molar-refractivity contribution in [3.8, 4) is 0 Å². The lowest BCUT2D eigenvalue weighted by Crippen LogP contribution is -2.27. The van der Waals surface area contributed by atoms with Crippen molar-refractivity contribution in [1.29, 1.82) is 0 Å². The summed E-state index contributed by atoms with van der Waals surface area (Å²) in [6, 6.07) is 11.0. The molecule has 2 rings (SSSR count). The zero-order valence-corrected chi connectivity index (χ0v) is 13.5. The van der Waals surface area contributed by atoms with Crippen molar-refractivity contribution in [3.05, 3.63) is 62.8 Å². The molecular formula is C15H14BrClN2O.